The quantitative estimate of drug-likeness (QED) is 0.187. The van der Waals surface area contributed by atoms with E-state index in [0.29, 0.717) is 0 Å². The van der Waals surface area contributed by atoms with E-state index in [1.165, 1.54) is 62.6 Å². The number of benzene rings is 7. The predicted molar refractivity (Wildman–Crippen MR) is 212 cm³/mol. The van der Waals surface area contributed by atoms with Crippen LogP contribution in [0.2, 0.25) is 0 Å². The van der Waals surface area contributed by atoms with Crippen molar-refractivity contribution < 1.29 is 4.42 Å². The molecule has 3 heterocycles. The molecule has 0 fully saturated rings. The van der Waals surface area contributed by atoms with Gasteiger partial charge in [-0.05, 0) is 101 Å². The first-order valence-electron chi connectivity index (χ1n) is 16.7. The number of fused-ring (bicyclic) bond motifs is 12. The van der Waals surface area contributed by atoms with Crippen LogP contribution >= 0.6 is 22.7 Å². The van der Waals surface area contributed by atoms with Crippen LogP contribution in [0.15, 0.2) is 144 Å². The maximum Gasteiger partial charge on any atom is 0.135 e. The van der Waals surface area contributed by atoms with Crippen molar-refractivity contribution in [3.8, 4) is 11.1 Å². The fraction of sp³-hybridized carbons (Fsp3) is 0.0667. The summed E-state index contributed by atoms with van der Waals surface area (Å²) in [7, 11) is 0. The molecular weight excluding hydrogens is 635 g/mol. The van der Waals surface area contributed by atoms with Gasteiger partial charge in [-0.1, -0.05) is 74.5 Å². The second-order valence-corrected chi connectivity index (χ2v) is 15.9. The number of thiophene rings is 2. The molecule has 0 aliphatic heterocycles. The van der Waals surface area contributed by atoms with Gasteiger partial charge >= 0.3 is 0 Å². The van der Waals surface area contributed by atoms with Crippen molar-refractivity contribution >= 4 is 102 Å². The zero-order valence-corrected chi connectivity index (χ0v) is 28.6. The Morgan fingerprint density at radius 1 is 0.429 bits per heavy atom. The number of anilines is 3. The van der Waals surface area contributed by atoms with E-state index < -0.39 is 0 Å². The van der Waals surface area contributed by atoms with Crippen molar-refractivity contribution in [1.82, 2.24) is 0 Å². The first kappa shape index (κ1) is 27.5. The highest BCUT2D eigenvalue weighted by atomic mass is 32.1. The van der Waals surface area contributed by atoms with Gasteiger partial charge in [0.1, 0.15) is 11.2 Å². The Balaban J connectivity index is 1.16. The molecule has 0 saturated carbocycles. The fourth-order valence-corrected chi connectivity index (χ4v) is 10.4. The summed E-state index contributed by atoms with van der Waals surface area (Å²) < 4.78 is 11.8. The molecule has 1 aliphatic carbocycles. The highest BCUT2D eigenvalue weighted by molar-refractivity contribution is 7.26. The molecule has 0 saturated heterocycles. The lowest BCUT2D eigenvalue weighted by molar-refractivity contribution is 0.647. The van der Waals surface area contributed by atoms with Gasteiger partial charge in [-0.3, -0.25) is 0 Å². The van der Waals surface area contributed by atoms with Crippen molar-refractivity contribution in [1.29, 1.82) is 0 Å². The van der Waals surface area contributed by atoms with E-state index in [-0.39, 0.29) is 5.41 Å². The van der Waals surface area contributed by atoms with Gasteiger partial charge < -0.3 is 9.32 Å². The topological polar surface area (TPSA) is 16.4 Å². The predicted octanol–water partition coefficient (Wildman–Crippen LogP) is 14.1. The molecule has 1 aliphatic rings. The Morgan fingerprint density at radius 2 is 0.959 bits per heavy atom. The molecule has 0 unspecified atom stereocenters. The summed E-state index contributed by atoms with van der Waals surface area (Å²) >= 11 is 3.72. The lowest BCUT2D eigenvalue weighted by Gasteiger charge is -2.26. The van der Waals surface area contributed by atoms with Crippen molar-refractivity contribution in [2.24, 2.45) is 0 Å². The summed E-state index contributed by atoms with van der Waals surface area (Å²) in [6.07, 6.45) is 0. The Morgan fingerprint density at radius 3 is 1.63 bits per heavy atom. The minimum Gasteiger partial charge on any atom is -0.456 e. The molecule has 2 nitrogen and oxygen atoms in total. The molecule has 0 atom stereocenters. The standard InChI is InChI=1S/C45H29NOS2/c1-45(2)37-12-6-3-9-29(37)32-24-34-33-21-26(15-18-39(33)47-40(34)25-38(32)45)46(27-16-19-43-35(22-27)30-10-4-7-13-41(30)48-43)28-17-20-44-36(23-28)31-11-5-8-14-42(31)49-44/h3-25H,1-2H3. The molecular formula is C45H29NOS2. The van der Waals surface area contributed by atoms with Crippen molar-refractivity contribution in [2.75, 3.05) is 4.90 Å². The van der Waals surface area contributed by atoms with Crippen LogP contribution in [0, 0.1) is 0 Å². The van der Waals surface area contributed by atoms with Crippen molar-refractivity contribution in [3.63, 3.8) is 0 Å². The SMILES string of the molecule is CC1(C)c2ccccc2-c2cc3c(cc21)oc1ccc(N(c2ccc4sc5ccccc5c4c2)c2ccc4sc5ccccc5c4c2)cc13. The van der Waals surface area contributed by atoms with E-state index in [1.807, 2.05) is 22.7 Å². The molecule has 0 amide bonds. The summed E-state index contributed by atoms with van der Waals surface area (Å²) in [6, 6.07) is 51.5. The number of furan rings is 1. The third-order valence-corrected chi connectivity index (χ3v) is 13.0. The van der Waals surface area contributed by atoms with E-state index in [0.717, 1.165) is 39.0 Å². The molecule has 232 valence electrons. The molecule has 49 heavy (non-hydrogen) atoms. The van der Waals surface area contributed by atoms with Crippen LogP contribution in [-0.4, -0.2) is 0 Å². The molecule has 0 radical (unpaired) electrons. The molecule has 10 aromatic rings. The van der Waals surface area contributed by atoms with Crippen molar-refractivity contribution in [2.45, 2.75) is 19.3 Å². The molecule has 0 spiro atoms. The number of hydrogen-bond acceptors (Lipinski definition) is 4. The van der Waals surface area contributed by atoms with E-state index in [4.69, 9.17) is 4.42 Å². The molecule has 0 N–H and O–H groups in total. The normalized spacial score (nSPS) is 13.7. The monoisotopic (exact) mass is 663 g/mol. The maximum atomic E-state index is 6.59. The van der Waals surface area contributed by atoms with E-state index in [2.05, 4.69) is 158 Å². The molecule has 0 bridgehead atoms. The molecule has 11 rings (SSSR count). The van der Waals surface area contributed by atoms with Crippen LogP contribution in [0.1, 0.15) is 25.0 Å². The summed E-state index contributed by atoms with van der Waals surface area (Å²) in [5.74, 6) is 0. The van der Waals surface area contributed by atoms with Gasteiger partial charge in [-0.2, -0.15) is 0 Å². The zero-order chi connectivity index (χ0) is 32.4. The van der Waals surface area contributed by atoms with Crippen LogP contribution in [-0.2, 0) is 5.41 Å². The van der Waals surface area contributed by atoms with Gasteiger partial charge in [0.15, 0.2) is 0 Å². The lowest BCUT2D eigenvalue weighted by Crippen LogP contribution is -2.14. The van der Waals surface area contributed by atoms with Gasteiger partial charge in [-0.25, -0.2) is 0 Å². The van der Waals surface area contributed by atoms with E-state index >= 15 is 0 Å². The van der Waals surface area contributed by atoms with Crippen LogP contribution < -0.4 is 4.90 Å². The van der Waals surface area contributed by atoms with Gasteiger partial charge in [0.05, 0.1) is 0 Å². The maximum absolute atomic E-state index is 6.59. The van der Waals surface area contributed by atoms with Crippen LogP contribution in [0.4, 0.5) is 17.1 Å². The fourth-order valence-electron chi connectivity index (χ4n) is 8.25. The highest BCUT2D eigenvalue weighted by Gasteiger charge is 2.36. The lowest BCUT2D eigenvalue weighted by atomic mass is 9.82. The average Bonchev–Trinajstić information content (AvgIpc) is 3.86. The van der Waals surface area contributed by atoms with Crippen LogP contribution in [0.25, 0.3) is 73.4 Å². The zero-order valence-electron chi connectivity index (χ0n) is 27.0. The van der Waals surface area contributed by atoms with Crippen LogP contribution in [0.5, 0.6) is 0 Å². The van der Waals surface area contributed by atoms with Gasteiger partial charge in [-0.15, -0.1) is 22.7 Å². The average molecular weight is 664 g/mol. The van der Waals surface area contributed by atoms with Crippen LogP contribution in [0.3, 0.4) is 0 Å². The number of hydrogen-bond donors (Lipinski definition) is 0. The second-order valence-electron chi connectivity index (χ2n) is 13.7. The minimum atomic E-state index is -0.0734. The Kier molecular flexibility index (Phi) is 5.52. The second kappa shape index (κ2) is 9.82. The third kappa shape index (κ3) is 3.87. The largest absolute Gasteiger partial charge is 0.456 e. The summed E-state index contributed by atoms with van der Waals surface area (Å²) in [6.45, 7) is 4.65. The first-order valence-corrected chi connectivity index (χ1v) is 18.4. The van der Waals surface area contributed by atoms with E-state index in [9.17, 15) is 0 Å². The molecule has 3 aromatic heterocycles. The Labute approximate surface area is 291 Å². The summed E-state index contributed by atoms with van der Waals surface area (Å²) in [4.78, 5) is 2.42. The molecule has 4 heteroatoms. The van der Waals surface area contributed by atoms with Gasteiger partial charge in [0.2, 0.25) is 0 Å². The third-order valence-electron chi connectivity index (χ3n) is 10.7. The number of rotatable bonds is 3. The molecule has 7 aromatic carbocycles. The van der Waals surface area contributed by atoms with E-state index in [1.54, 1.807) is 0 Å². The Hall–Kier alpha value is -5.42. The highest BCUT2D eigenvalue weighted by Crippen LogP contribution is 2.51. The first-order chi connectivity index (χ1) is 24.0. The Bertz CT molecular complexity index is 2880. The smallest absolute Gasteiger partial charge is 0.135 e. The minimum absolute atomic E-state index is 0.0734. The van der Waals surface area contributed by atoms with Crippen molar-refractivity contribution in [3.05, 3.63) is 151 Å². The van der Waals surface area contributed by atoms with Gasteiger partial charge in [0, 0.05) is 73.6 Å². The summed E-state index contributed by atoms with van der Waals surface area (Å²) in [5.41, 5.74) is 10.5. The number of nitrogens with zero attached hydrogens (tertiary/aromatic N) is 1. The van der Waals surface area contributed by atoms with Gasteiger partial charge in [0.25, 0.3) is 0 Å². The summed E-state index contributed by atoms with van der Waals surface area (Å²) in [5, 5.41) is 7.47.